The van der Waals surface area contributed by atoms with Gasteiger partial charge in [-0.2, -0.15) is 4.98 Å². The molecule has 1 amide bonds. The van der Waals surface area contributed by atoms with Crippen LogP contribution < -0.4 is 10.1 Å². The number of rotatable bonds is 6. The van der Waals surface area contributed by atoms with Crippen LogP contribution in [0.2, 0.25) is 0 Å². The van der Waals surface area contributed by atoms with Gasteiger partial charge in [0.15, 0.2) is 0 Å². The lowest BCUT2D eigenvalue weighted by Gasteiger charge is -2.30. The van der Waals surface area contributed by atoms with Gasteiger partial charge in [0.25, 0.3) is 0 Å². The summed E-state index contributed by atoms with van der Waals surface area (Å²) >= 11 is 0. The molecule has 0 spiro atoms. The van der Waals surface area contributed by atoms with Crippen LogP contribution >= 0.6 is 0 Å². The zero-order valence-electron chi connectivity index (χ0n) is 18.2. The van der Waals surface area contributed by atoms with E-state index in [0.717, 1.165) is 54.1 Å². The van der Waals surface area contributed by atoms with Crippen LogP contribution in [0.3, 0.4) is 0 Å². The van der Waals surface area contributed by atoms with E-state index in [-0.39, 0.29) is 11.8 Å². The Morgan fingerprint density at radius 1 is 1.16 bits per heavy atom. The summed E-state index contributed by atoms with van der Waals surface area (Å²) in [5, 5.41) is 7.20. The number of hydrogen-bond donors (Lipinski definition) is 1. The first kappa shape index (κ1) is 21.1. The Morgan fingerprint density at radius 3 is 2.61 bits per heavy atom. The molecular formula is C24H28N4O3. The molecule has 31 heavy (non-hydrogen) atoms. The van der Waals surface area contributed by atoms with Gasteiger partial charge < -0.3 is 14.6 Å². The Kier molecular flexibility index (Phi) is 6.32. The molecule has 1 saturated heterocycles. The standard InChI is InChI=1S/C24H28N4O3/c1-16-4-5-17(2)21(14-16)25-24(29)19-10-12-28(13-11-19)15-22-26-23(27-31-22)18-6-8-20(30-3)9-7-18/h4-9,14,19H,10-13,15H2,1-3H3,(H,25,29). The fraction of sp³-hybridized carbons (Fsp3) is 0.375. The molecule has 0 aliphatic carbocycles. The third-order valence-corrected chi connectivity index (χ3v) is 5.78. The van der Waals surface area contributed by atoms with Crippen LogP contribution in [0, 0.1) is 19.8 Å². The summed E-state index contributed by atoms with van der Waals surface area (Å²) in [7, 11) is 1.64. The maximum absolute atomic E-state index is 12.7. The van der Waals surface area contributed by atoms with Gasteiger partial charge in [0.1, 0.15) is 5.75 Å². The summed E-state index contributed by atoms with van der Waals surface area (Å²) in [6.45, 7) is 6.29. The van der Waals surface area contributed by atoms with E-state index in [1.807, 2.05) is 50.2 Å². The number of nitrogens with one attached hydrogen (secondary N) is 1. The summed E-state index contributed by atoms with van der Waals surface area (Å²) in [6, 6.07) is 13.7. The topological polar surface area (TPSA) is 80.5 Å². The highest BCUT2D eigenvalue weighted by molar-refractivity contribution is 5.93. The van der Waals surface area contributed by atoms with Gasteiger partial charge in [-0.1, -0.05) is 17.3 Å². The van der Waals surface area contributed by atoms with Crippen molar-refractivity contribution in [1.29, 1.82) is 0 Å². The van der Waals surface area contributed by atoms with E-state index in [1.54, 1.807) is 7.11 Å². The first-order valence-electron chi connectivity index (χ1n) is 10.6. The molecule has 1 N–H and O–H groups in total. The smallest absolute Gasteiger partial charge is 0.241 e. The van der Waals surface area contributed by atoms with Crippen molar-refractivity contribution in [2.45, 2.75) is 33.2 Å². The Morgan fingerprint density at radius 2 is 1.90 bits per heavy atom. The number of amides is 1. The van der Waals surface area contributed by atoms with Crippen molar-refractivity contribution in [1.82, 2.24) is 15.0 Å². The Labute approximate surface area is 182 Å². The number of aromatic nitrogens is 2. The number of carbonyl (C=O) groups is 1. The number of hydrogen-bond acceptors (Lipinski definition) is 6. The van der Waals surface area contributed by atoms with E-state index in [4.69, 9.17) is 9.26 Å². The molecule has 162 valence electrons. The van der Waals surface area contributed by atoms with Crippen LogP contribution in [-0.4, -0.2) is 41.1 Å². The van der Waals surface area contributed by atoms with E-state index in [1.165, 1.54) is 0 Å². The zero-order valence-corrected chi connectivity index (χ0v) is 18.2. The van der Waals surface area contributed by atoms with Crippen LogP contribution in [0.5, 0.6) is 5.75 Å². The lowest BCUT2D eigenvalue weighted by molar-refractivity contribution is -0.121. The second kappa shape index (κ2) is 9.31. The monoisotopic (exact) mass is 420 g/mol. The number of nitrogens with zero attached hydrogens (tertiary/aromatic N) is 3. The van der Waals surface area contributed by atoms with Crippen LogP contribution in [0.25, 0.3) is 11.4 Å². The number of carbonyl (C=O) groups excluding carboxylic acids is 1. The SMILES string of the molecule is COc1ccc(-c2noc(CN3CCC(C(=O)Nc4cc(C)ccc4C)CC3)n2)cc1. The second-order valence-electron chi connectivity index (χ2n) is 8.10. The zero-order chi connectivity index (χ0) is 21.8. The third kappa shape index (κ3) is 5.11. The lowest BCUT2D eigenvalue weighted by atomic mass is 9.95. The van der Waals surface area contributed by atoms with E-state index in [0.29, 0.717) is 18.3 Å². The van der Waals surface area contributed by atoms with E-state index in [9.17, 15) is 4.79 Å². The van der Waals surface area contributed by atoms with Crippen LogP contribution in [-0.2, 0) is 11.3 Å². The summed E-state index contributed by atoms with van der Waals surface area (Å²) in [6.07, 6.45) is 1.63. The fourth-order valence-electron chi connectivity index (χ4n) is 3.83. The molecule has 2 aromatic carbocycles. The van der Waals surface area contributed by atoms with Crippen molar-refractivity contribution < 1.29 is 14.1 Å². The molecule has 0 atom stereocenters. The molecule has 0 bridgehead atoms. The highest BCUT2D eigenvalue weighted by Crippen LogP contribution is 2.24. The number of piperidine rings is 1. The largest absolute Gasteiger partial charge is 0.497 e. The summed E-state index contributed by atoms with van der Waals surface area (Å²) in [5.74, 6) is 2.07. The minimum atomic E-state index is 0.0220. The van der Waals surface area contributed by atoms with Crippen LogP contribution in [0.4, 0.5) is 5.69 Å². The van der Waals surface area contributed by atoms with Crippen LogP contribution in [0.15, 0.2) is 47.0 Å². The van der Waals surface area contributed by atoms with E-state index < -0.39 is 0 Å². The predicted octanol–water partition coefficient (Wildman–Crippen LogP) is 4.21. The van der Waals surface area contributed by atoms with Gasteiger partial charge in [0.2, 0.25) is 17.6 Å². The number of aryl methyl sites for hydroxylation is 2. The quantitative estimate of drug-likeness (QED) is 0.643. The van der Waals surface area contributed by atoms with Crippen molar-refractivity contribution in [2.75, 3.05) is 25.5 Å². The summed E-state index contributed by atoms with van der Waals surface area (Å²) in [5.41, 5.74) is 4.02. The third-order valence-electron chi connectivity index (χ3n) is 5.78. The molecule has 1 aromatic heterocycles. The van der Waals surface area contributed by atoms with Gasteiger partial charge in [0, 0.05) is 17.2 Å². The molecule has 3 aromatic rings. The number of anilines is 1. The Bertz CT molecular complexity index is 1040. The normalized spacial score (nSPS) is 15.1. The molecule has 0 radical (unpaired) electrons. The number of methoxy groups -OCH3 is 1. The Balaban J connectivity index is 1.29. The summed E-state index contributed by atoms with van der Waals surface area (Å²) in [4.78, 5) is 19.5. The van der Waals surface area contributed by atoms with Crippen molar-refractivity contribution in [3.63, 3.8) is 0 Å². The maximum atomic E-state index is 12.7. The molecule has 1 aliphatic rings. The minimum Gasteiger partial charge on any atom is -0.497 e. The molecule has 4 rings (SSSR count). The van der Waals surface area contributed by atoms with Gasteiger partial charge in [-0.15, -0.1) is 0 Å². The molecule has 1 fully saturated rings. The fourth-order valence-corrected chi connectivity index (χ4v) is 3.83. The molecule has 0 unspecified atom stereocenters. The van der Waals surface area contributed by atoms with Gasteiger partial charge in [-0.05, 0) is 81.2 Å². The molecule has 7 heteroatoms. The molecule has 7 nitrogen and oxygen atoms in total. The number of likely N-dealkylation sites (tertiary alicyclic amines) is 1. The van der Waals surface area contributed by atoms with Crippen molar-refractivity contribution >= 4 is 11.6 Å². The first-order chi connectivity index (χ1) is 15.0. The van der Waals surface area contributed by atoms with Gasteiger partial charge >= 0.3 is 0 Å². The van der Waals surface area contributed by atoms with Crippen molar-refractivity contribution in [3.8, 4) is 17.1 Å². The maximum Gasteiger partial charge on any atom is 0.241 e. The van der Waals surface area contributed by atoms with Crippen LogP contribution in [0.1, 0.15) is 29.9 Å². The average Bonchev–Trinajstić information content (AvgIpc) is 3.25. The molecule has 1 aliphatic heterocycles. The molecule has 2 heterocycles. The molecule has 0 saturated carbocycles. The number of ether oxygens (including phenoxy) is 1. The highest BCUT2D eigenvalue weighted by atomic mass is 16.5. The van der Waals surface area contributed by atoms with Gasteiger partial charge in [0.05, 0.1) is 13.7 Å². The minimum absolute atomic E-state index is 0.0220. The van der Waals surface area contributed by atoms with Gasteiger partial charge in [-0.25, -0.2) is 0 Å². The van der Waals surface area contributed by atoms with Gasteiger partial charge in [-0.3, -0.25) is 9.69 Å². The second-order valence-corrected chi connectivity index (χ2v) is 8.10. The average molecular weight is 421 g/mol. The predicted molar refractivity (Wildman–Crippen MR) is 119 cm³/mol. The first-order valence-corrected chi connectivity index (χ1v) is 10.6. The van der Waals surface area contributed by atoms with E-state index >= 15 is 0 Å². The van der Waals surface area contributed by atoms with E-state index in [2.05, 4.69) is 26.4 Å². The summed E-state index contributed by atoms with van der Waals surface area (Å²) < 4.78 is 10.6. The lowest BCUT2D eigenvalue weighted by Crippen LogP contribution is -2.37. The van der Waals surface area contributed by atoms with Crippen molar-refractivity contribution in [3.05, 3.63) is 59.5 Å². The number of benzene rings is 2. The molecular weight excluding hydrogens is 392 g/mol. The highest BCUT2D eigenvalue weighted by Gasteiger charge is 2.26. The Hall–Kier alpha value is -3.19. The van der Waals surface area contributed by atoms with Crippen molar-refractivity contribution in [2.24, 2.45) is 5.92 Å².